The van der Waals surface area contributed by atoms with E-state index in [1.165, 1.54) is 10.6 Å². The van der Waals surface area contributed by atoms with Gasteiger partial charge in [-0.15, -0.1) is 0 Å². The molecule has 13 heavy (non-hydrogen) atoms. The monoisotopic (exact) mass is 259 g/mol. The van der Waals surface area contributed by atoms with Gasteiger partial charge in [-0.3, -0.25) is 4.79 Å². The number of carbonyl (C=O) groups excluding carboxylic acids is 1. The van der Waals surface area contributed by atoms with Crippen molar-refractivity contribution in [3.8, 4) is 0 Å². The summed E-state index contributed by atoms with van der Waals surface area (Å²) in [4.78, 5) is 10.2. The van der Waals surface area contributed by atoms with Crippen molar-refractivity contribution in [1.82, 2.24) is 4.57 Å². The number of rotatable bonds is 2. The molecule has 1 heterocycles. The molecule has 0 aliphatic heterocycles. The third-order valence-corrected chi connectivity index (χ3v) is 2.81. The van der Waals surface area contributed by atoms with Gasteiger partial charge >= 0.3 is 0 Å². The molecule has 72 valence electrons. The van der Waals surface area contributed by atoms with E-state index in [1.807, 2.05) is 0 Å². The number of nitrogens with zero attached hydrogens (tertiary/aromatic N) is 1. The Hall–Kier alpha value is 0.110. The zero-order valence-electron chi connectivity index (χ0n) is 6.52. The number of hydrogen-bond donors (Lipinski definition) is 0. The fourth-order valence-electron chi connectivity index (χ4n) is 0.891. The minimum Gasteiger partial charge on any atom is -0.331 e. The van der Waals surface area contributed by atoms with Crippen LogP contribution in [0.1, 0.15) is 10.5 Å². The highest BCUT2D eigenvalue weighted by Crippen LogP contribution is 2.26. The Kier molecular flexibility index (Phi) is 3.52. The van der Waals surface area contributed by atoms with E-state index in [-0.39, 0.29) is 0 Å². The molecule has 1 rings (SSSR count). The lowest BCUT2D eigenvalue weighted by molar-refractivity contribution is 0.0999. The summed E-state index contributed by atoms with van der Waals surface area (Å²) in [5, 5.41) is 0.598. The Morgan fingerprint density at radius 1 is 1.46 bits per heavy atom. The van der Waals surface area contributed by atoms with E-state index in [4.69, 9.17) is 46.4 Å². The largest absolute Gasteiger partial charge is 0.331 e. The van der Waals surface area contributed by atoms with Gasteiger partial charge in [0.1, 0.15) is 5.15 Å². The first-order chi connectivity index (χ1) is 5.95. The first-order valence-electron chi connectivity index (χ1n) is 3.28. The third kappa shape index (κ3) is 2.13. The summed E-state index contributed by atoms with van der Waals surface area (Å²) in [5.74, 6) is -0.417. The minimum absolute atomic E-state index is 0.291. The van der Waals surface area contributed by atoms with Crippen molar-refractivity contribution in [3.63, 3.8) is 0 Å². The first kappa shape index (κ1) is 11.2. The molecule has 1 aromatic rings. The van der Waals surface area contributed by atoms with E-state index >= 15 is 0 Å². The lowest BCUT2D eigenvalue weighted by Gasteiger charge is -2.02. The molecule has 0 bridgehead atoms. The third-order valence-electron chi connectivity index (χ3n) is 1.57. The van der Waals surface area contributed by atoms with Crippen LogP contribution in [0.5, 0.6) is 0 Å². The molecule has 0 aliphatic rings. The molecule has 0 aromatic carbocycles. The zero-order valence-corrected chi connectivity index (χ0v) is 9.55. The van der Waals surface area contributed by atoms with Crippen molar-refractivity contribution < 1.29 is 4.79 Å². The second-order valence-corrected chi connectivity index (χ2v) is 4.25. The van der Waals surface area contributed by atoms with E-state index in [0.29, 0.717) is 15.9 Å². The van der Waals surface area contributed by atoms with Gasteiger partial charge in [-0.25, -0.2) is 0 Å². The maximum Gasteiger partial charge on any atom is 0.212 e. The molecular weight excluding hydrogens is 256 g/mol. The summed E-state index contributed by atoms with van der Waals surface area (Å²) < 4.78 is 1.43. The highest BCUT2D eigenvalue weighted by Gasteiger charge is 2.20. The second-order valence-electron chi connectivity index (χ2n) is 2.39. The fourth-order valence-corrected chi connectivity index (χ4v) is 1.49. The first-order valence-corrected chi connectivity index (χ1v) is 4.91. The normalized spacial score (nSPS) is 10.9. The van der Waals surface area contributed by atoms with E-state index in [1.54, 1.807) is 7.05 Å². The van der Waals surface area contributed by atoms with Crippen LogP contribution in [0.15, 0.2) is 6.07 Å². The predicted octanol–water partition coefficient (Wildman–Crippen LogP) is 3.32. The van der Waals surface area contributed by atoms with Crippen LogP contribution in [0.2, 0.25) is 10.2 Å². The number of aromatic nitrogens is 1. The van der Waals surface area contributed by atoms with Gasteiger partial charge in [0.15, 0.2) is 4.84 Å². The molecule has 0 spiro atoms. The molecule has 0 saturated carbocycles. The molecule has 0 saturated heterocycles. The van der Waals surface area contributed by atoms with Gasteiger partial charge < -0.3 is 4.57 Å². The highest BCUT2D eigenvalue weighted by atomic mass is 35.5. The summed E-state index contributed by atoms with van der Waals surface area (Å²) in [5.41, 5.74) is 0.296. The van der Waals surface area contributed by atoms with E-state index in [2.05, 4.69) is 0 Å². The average Bonchev–Trinajstić information content (AvgIpc) is 2.31. The standard InChI is InChI=1S/C7H5Cl4NO/c1-12-4(5(13)6(9)10)2-3(8)7(12)11/h2,6H,1H3. The molecule has 0 amide bonds. The van der Waals surface area contributed by atoms with E-state index in [0.717, 1.165) is 0 Å². The smallest absolute Gasteiger partial charge is 0.212 e. The van der Waals surface area contributed by atoms with E-state index in [9.17, 15) is 4.79 Å². The van der Waals surface area contributed by atoms with Crippen molar-refractivity contribution >= 4 is 52.2 Å². The number of halogens is 4. The topological polar surface area (TPSA) is 22.0 Å². The molecule has 0 atom stereocenters. The predicted molar refractivity (Wildman–Crippen MR) is 55.3 cm³/mol. The maximum atomic E-state index is 11.3. The van der Waals surface area contributed by atoms with Gasteiger partial charge in [0, 0.05) is 7.05 Å². The van der Waals surface area contributed by atoms with Crippen LogP contribution in [0.25, 0.3) is 0 Å². The van der Waals surface area contributed by atoms with Crippen LogP contribution in [0.4, 0.5) is 0 Å². The SMILES string of the molecule is Cn1c(C(=O)C(Cl)Cl)cc(Cl)c1Cl. The maximum absolute atomic E-state index is 11.3. The molecule has 2 nitrogen and oxygen atoms in total. The Bertz CT molecular complexity index is 345. The summed E-state index contributed by atoms with van der Waals surface area (Å²) in [6.45, 7) is 0. The Balaban J connectivity index is 3.16. The Morgan fingerprint density at radius 2 is 2.00 bits per heavy atom. The molecule has 0 fully saturated rings. The molecular formula is C7H5Cl4NO. The van der Waals surface area contributed by atoms with Crippen LogP contribution in [0, 0.1) is 0 Å². The van der Waals surface area contributed by atoms with Crippen molar-refractivity contribution in [1.29, 1.82) is 0 Å². The van der Waals surface area contributed by atoms with Crippen LogP contribution >= 0.6 is 46.4 Å². The number of Topliss-reactive ketones (excluding diaryl/α,β-unsaturated/α-hetero) is 1. The van der Waals surface area contributed by atoms with Gasteiger partial charge in [0.05, 0.1) is 10.7 Å². The van der Waals surface area contributed by atoms with Gasteiger partial charge in [0.25, 0.3) is 0 Å². The fraction of sp³-hybridized carbons (Fsp3) is 0.286. The highest BCUT2D eigenvalue weighted by molar-refractivity contribution is 6.55. The van der Waals surface area contributed by atoms with Gasteiger partial charge in [-0.1, -0.05) is 46.4 Å². The Labute approximate surface area is 95.3 Å². The average molecular weight is 261 g/mol. The lowest BCUT2D eigenvalue weighted by atomic mass is 10.3. The van der Waals surface area contributed by atoms with Crippen LogP contribution < -0.4 is 0 Å². The molecule has 6 heteroatoms. The van der Waals surface area contributed by atoms with Gasteiger partial charge in [-0.2, -0.15) is 0 Å². The number of ketones is 1. The van der Waals surface area contributed by atoms with Crippen LogP contribution in [0.3, 0.4) is 0 Å². The van der Waals surface area contributed by atoms with Crippen molar-refractivity contribution in [3.05, 3.63) is 21.9 Å². The molecule has 0 radical (unpaired) electrons. The molecule has 1 aromatic heterocycles. The zero-order chi connectivity index (χ0) is 10.2. The number of carbonyl (C=O) groups is 1. The molecule has 0 unspecified atom stereocenters. The van der Waals surface area contributed by atoms with Gasteiger partial charge in [0.2, 0.25) is 5.78 Å². The summed E-state index contributed by atoms with van der Waals surface area (Å²) in [6, 6.07) is 1.43. The minimum atomic E-state index is -1.10. The van der Waals surface area contributed by atoms with Crippen molar-refractivity contribution in [2.75, 3.05) is 0 Å². The number of hydrogen-bond acceptors (Lipinski definition) is 1. The molecule has 0 aliphatic carbocycles. The van der Waals surface area contributed by atoms with Crippen LogP contribution in [-0.4, -0.2) is 15.2 Å². The summed E-state index contributed by atoms with van der Waals surface area (Å²) in [7, 11) is 1.61. The summed E-state index contributed by atoms with van der Waals surface area (Å²) in [6.07, 6.45) is 0. The van der Waals surface area contributed by atoms with Gasteiger partial charge in [-0.05, 0) is 6.07 Å². The number of alkyl halides is 2. The van der Waals surface area contributed by atoms with E-state index < -0.39 is 10.6 Å². The second kappa shape index (κ2) is 4.09. The quantitative estimate of drug-likeness (QED) is 0.591. The van der Waals surface area contributed by atoms with Crippen LogP contribution in [-0.2, 0) is 7.05 Å². The summed E-state index contributed by atoms with van der Waals surface area (Å²) >= 11 is 22.3. The van der Waals surface area contributed by atoms with Crippen molar-refractivity contribution in [2.24, 2.45) is 7.05 Å². The lowest BCUT2D eigenvalue weighted by Crippen LogP contribution is -2.12. The Morgan fingerprint density at radius 3 is 2.31 bits per heavy atom. The van der Waals surface area contributed by atoms with Crippen molar-refractivity contribution in [2.45, 2.75) is 4.84 Å². The molecule has 0 N–H and O–H groups in total.